The molecular weight excluding hydrogens is 228 g/mol. The van der Waals surface area contributed by atoms with Crippen LogP contribution in [0.1, 0.15) is 19.8 Å². The van der Waals surface area contributed by atoms with Crippen molar-refractivity contribution in [1.82, 2.24) is 5.32 Å². The van der Waals surface area contributed by atoms with E-state index in [1.165, 1.54) is 6.92 Å². The highest BCUT2D eigenvalue weighted by Crippen LogP contribution is 2.00. The fourth-order valence-corrected chi connectivity index (χ4v) is 1.15. The normalized spacial score (nSPS) is 13.7. The molecule has 0 aromatic heterocycles. The highest BCUT2D eigenvalue weighted by molar-refractivity contribution is 5.77. The lowest BCUT2D eigenvalue weighted by Gasteiger charge is -2.16. The number of aliphatic imine (C=N–C) groups is 1. The zero-order valence-electron chi connectivity index (χ0n) is 9.59. The molecule has 0 aliphatic carbocycles. The minimum absolute atomic E-state index is 0.0521. The van der Waals surface area contributed by atoms with E-state index >= 15 is 0 Å². The summed E-state index contributed by atoms with van der Waals surface area (Å²) < 4.78 is 0. The van der Waals surface area contributed by atoms with Crippen LogP contribution in [0.3, 0.4) is 0 Å². The molecule has 0 rings (SSSR count). The Morgan fingerprint density at radius 2 is 1.88 bits per heavy atom. The standard InChI is InChI=1S/C9H18N4O4/c1-5(7(14)15)13-6(8(16)17)3-2-4-12-9(10)11/h5-6,13H,2-4H2,1H3,(H,14,15)(H,16,17)(H4,10,11,12)/t5-,6?/m1/s1. The minimum Gasteiger partial charge on any atom is -0.480 e. The molecule has 98 valence electrons. The second-order valence-electron chi connectivity index (χ2n) is 3.57. The van der Waals surface area contributed by atoms with Gasteiger partial charge in [0, 0.05) is 6.54 Å². The molecule has 0 heterocycles. The van der Waals surface area contributed by atoms with Gasteiger partial charge in [0.2, 0.25) is 0 Å². The van der Waals surface area contributed by atoms with Crippen molar-refractivity contribution in [3.63, 3.8) is 0 Å². The molecule has 17 heavy (non-hydrogen) atoms. The lowest BCUT2D eigenvalue weighted by molar-refractivity contribution is -0.142. The average Bonchev–Trinajstić information content (AvgIpc) is 2.21. The summed E-state index contributed by atoms with van der Waals surface area (Å²) in [6.07, 6.45) is 0.706. The molecule has 0 aromatic rings. The van der Waals surface area contributed by atoms with Crippen LogP contribution in [0.15, 0.2) is 4.99 Å². The second kappa shape index (κ2) is 7.44. The van der Waals surface area contributed by atoms with Gasteiger partial charge in [-0.05, 0) is 19.8 Å². The number of nitrogens with one attached hydrogen (secondary N) is 1. The number of carboxylic acid groups (broad SMARTS) is 2. The first kappa shape index (κ1) is 15.2. The molecule has 0 aromatic carbocycles. The van der Waals surface area contributed by atoms with Gasteiger partial charge in [-0.15, -0.1) is 0 Å². The number of carboxylic acids is 2. The summed E-state index contributed by atoms with van der Waals surface area (Å²) in [4.78, 5) is 25.1. The topological polar surface area (TPSA) is 151 Å². The second-order valence-corrected chi connectivity index (χ2v) is 3.57. The van der Waals surface area contributed by atoms with Crippen LogP contribution in [0, 0.1) is 0 Å². The lowest BCUT2D eigenvalue weighted by atomic mass is 10.1. The first-order valence-electron chi connectivity index (χ1n) is 5.11. The van der Waals surface area contributed by atoms with Crippen LogP contribution in [-0.2, 0) is 9.59 Å². The average molecular weight is 246 g/mol. The number of hydrogen-bond donors (Lipinski definition) is 5. The number of hydrogen-bond acceptors (Lipinski definition) is 4. The first-order chi connectivity index (χ1) is 7.84. The maximum atomic E-state index is 10.8. The summed E-state index contributed by atoms with van der Waals surface area (Å²) >= 11 is 0. The maximum absolute atomic E-state index is 10.8. The Morgan fingerprint density at radius 1 is 1.29 bits per heavy atom. The smallest absolute Gasteiger partial charge is 0.320 e. The molecule has 0 saturated heterocycles. The van der Waals surface area contributed by atoms with Crippen molar-refractivity contribution >= 4 is 17.9 Å². The summed E-state index contributed by atoms with van der Waals surface area (Å²) in [5.74, 6) is -2.24. The van der Waals surface area contributed by atoms with Crippen molar-refractivity contribution in [3.05, 3.63) is 0 Å². The Balaban J connectivity index is 4.12. The SMILES string of the molecule is C[C@@H](NC(CCCN=C(N)N)C(=O)O)C(=O)O. The summed E-state index contributed by atoms with van der Waals surface area (Å²) in [6.45, 7) is 1.70. The molecule has 0 aliphatic rings. The number of nitrogens with zero attached hydrogens (tertiary/aromatic N) is 1. The first-order valence-corrected chi connectivity index (χ1v) is 5.11. The largest absolute Gasteiger partial charge is 0.480 e. The number of nitrogens with two attached hydrogens (primary N) is 2. The zero-order valence-corrected chi connectivity index (χ0v) is 9.59. The van der Waals surface area contributed by atoms with Crippen molar-refractivity contribution in [1.29, 1.82) is 0 Å². The van der Waals surface area contributed by atoms with Crippen molar-refractivity contribution in [3.8, 4) is 0 Å². The number of carbonyl (C=O) groups is 2. The molecule has 0 fully saturated rings. The third kappa shape index (κ3) is 7.12. The zero-order chi connectivity index (χ0) is 13.4. The van der Waals surface area contributed by atoms with Crippen LogP contribution < -0.4 is 16.8 Å². The molecule has 7 N–H and O–H groups in total. The van der Waals surface area contributed by atoms with Gasteiger partial charge in [0.25, 0.3) is 0 Å². The fourth-order valence-electron chi connectivity index (χ4n) is 1.15. The third-order valence-corrected chi connectivity index (χ3v) is 2.06. The summed E-state index contributed by atoms with van der Waals surface area (Å²) in [7, 11) is 0. The highest BCUT2D eigenvalue weighted by Gasteiger charge is 2.21. The Hall–Kier alpha value is -1.83. The Morgan fingerprint density at radius 3 is 2.29 bits per heavy atom. The van der Waals surface area contributed by atoms with Crippen molar-refractivity contribution in [2.24, 2.45) is 16.5 Å². The Kier molecular flexibility index (Phi) is 6.64. The Labute approximate surface area is 98.7 Å². The molecule has 1 unspecified atom stereocenters. The van der Waals surface area contributed by atoms with E-state index < -0.39 is 24.0 Å². The van der Waals surface area contributed by atoms with Crippen LogP contribution in [0.2, 0.25) is 0 Å². The number of rotatable bonds is 8. The van der Waals surface area contributed by atoms with E-state index in [-0.39, 0.29) is 12.4 Å². The van der Waals surface area contributed by atoms with Crippen LogP contribution in [0.25, 0.3) is 0 Å². The fraction of sp³-hybridized carbons (Fsp3) is 0.667. The van der Waals surface area contributed by atoms with Gasteiger partial charge in [0.1, 0.15) is 12.1 Å². The molecule has 0 aliphatic heterocycles. The van der Waals surface area contributed by atoms with Gasteiger partial charge in [-0.1, -0.05) is 0 Å². The van der Waals surface area contributed by atoms with Gasteiger partial charge in [0.05, 0.1) is 0 Å². The summed E-state index contributed by atoms with van der Waals surface area (Å²) in [6, 6.07) is -1.84. The predicted octanol–water partition coefficient (Wildman–Crippen LogP) is -1.44. The minimum atomic E-state index is -1.10. The van der Waals surface area contributed by atoms with Gasteiger partial charge in [0.15, 0.2) is 5.96 Å². The highest BCUT2D eigenvalue weighted by atomic mass is 16.4. The van der Waals surface area contributed by atoms with Gasteiger partial charge in [-0.2, -0.15) is 0 Å². The third-order valence-electron chi connectivity index (χ3n) is 2.06. The van der Waals surface area contributed by atoms with E-state index in [1.54, 1.807) is 0 Å². The number of aliphatic carboxylic acids is 2. The Bertz CT molecular complexity index is 301. The van der Waals surface area contributed by atoms with Gasteiger partial charge < -0.3 is 21.7 Å². The monoisotopic (exact) mass is 246 g/mol. The molecule has 0 bridgehead atoms. The van der Waals surface area contributed by atoms with Crippen molar-refractivity contribution < 1.29 is 19.8 Å². The molecule has 8 heteroatoms. The van der Waals surface area contributed by atoms with Gasteiger partial charge in [-0.3, -0.25) is 19.9 Å². The van der Waals surface area contributed by atoms with E-state index in [9.17, 15) is 9.59 Å². The maximum Gasteiger partial charge on any atom is 0.320 e. The molecule has 8 nitrogen and oxygen atoms in total. The summed E-state index contributed by atoms with van der Waals surface area (Å²) in [5.41, 5.74) is 10.2. The molecule has 0 radical (unpaired) electrons. The van der Waals surface area contributed by atoms with Crippen LogP contribution in [0.5, 0.6) is 0 Å². The van der Waals surface area contributed by atoms with Crippen molar-refractivity contribution in [2.75, 3.05) is 6.54 Å². The van der Waals surface area contributed by atoms with E-state index in [0.29, 0.717) is 13.0 Å². The molecule has 0 amide bonds. The number of guanidine groups is 1. The van der Waals surface area contributed by atoms with E-state index in [1.807, 2.05) is 0 Å². The van der Waals surface area contributed by atoms with Crippen LogP contribution >= 0.6 is 0 Å². The van der Waals surface area contributed by atoms with E-state index in [0.717, 1.165) is 0 Å². The van der Waals surface area contributed by atoms with Gasteiger partial charge in [-0.25, -0.2) is 0 Å². The molecular formula is C9H18N4O4. The molecule has 0 spiro atoms. The van der Waals surface area contributed by atoms with Crippen LogP contribution in [0.4, 0.5) is 0 Å². The van der Waals surface area contributed by atoms with E-state index in [4.69, 9.17) is 21.7 Å². The quantitative estimate of drug-likeness (QED) is 0.200. The molecule has 2 atom stereocenters. The van der Waals surface area contributed by atoms with Crippen molar-refractivity contribution in [2.45, 2.75) is 31.8 Å². The van der Waals surface area contributed by atoms with Gasteiger partial charge >= 0.3 is 11.9 Å². The van der Waals surface area contributed by atoms with Crippen LogP contribution in [-0.4, -0.2) is 46.7 Å². The predicted molar refractivity (Wildman–Crippen MR) is 61.6 cm³/mol. The van der Waals surface area contributed by atoms with E-state index in [2.05, 4.69) is 10.3 Å². The summed E-state index contributed by atoms with van der Waals surface area (Å²) in [5, 5.41) is 20.0. The molecule has 0 saturated carbocycles. The lowest BCUT2D eigenvalue weighted by Crippen LogP contribution is -2.45.